The molecule has 4 N–H and O–H groups in total. The number of imidazole rings is 1. The maximum atomic E-state index is 14.4. The summed E-state index contributed by atoms with van der Waals surface area (Å²) >= 11 is 0. The van der Waals surface area contributed by atoms with Crippen LogP contribution in [0.5, 0.6) is 5.75 Å². The van der Waals surface area contributed by atoms with Crippen LogP contribution in [0.4, 0.5) is 10.2 Å². The number of carbonyl (C=O) groups excluding carboxylic acids is 1. The summed E-state index contributed by atoms with van der Waals surface area (Å²) in [6.45, 7) is 5.75. The van der Waals surface area contributed by atoms with E-state index in [1.807, 2.05) is 31.2 Å². The second-order valence-corrected chi connectivity index (χ2v) is 10.5. The van der Waals surface area contributed by atoms with Crippen molar-refractivity contribution in [2.75, 3.05) is 25.1 Å². The number of aromatic nitrogens is 5. The molecule has 204 valence electrons. The molecule has 0 bridgehead atoms. The summed E-state index contributed by atoms with van der Waals surface area (Å²) in [4.78, 5) is 34.5. The SMILES string of the molecule is COc1ccc(-c2[nH]c(C3(C)CCN(c4ncnc5[nH]c(-c6ccc(C(N)=O)cc6)cc45)CC3)nc2C)cc1F. The van der Waals surface area contributed by atoms with Gasteiger partial charge < -0.3 is 25.3 Å². The maximum Gasteiger partial charge on any atom is 0.248 e. The first-order chi connectivity index (χ1) is 19.3. The van der Waals surface area contributed by atoms with Crippen LogP contribution < -0.4 is 15.4 Å². The van der Waals surface area contributed by atoms with Crippen LogP contribution >= 0.6 is 0 Å². The van der Waals surface area contributed by atoms with Gasteiger partial charge in [0.05, 0.1) is 23.9 Å². The lowest BCUT2D eigenvalue weighted by Gasteiger charge is -2.38. The summed E-state index contributed by atoms with van der Waals surface area (Å²) in [5.74, 6) is 1.15. The van der Waals surface area contributed by atoms with Crippen LogP contribution in [0.2, 0.25) is 0 Å². The van der Waals surface area contributed by atoms with Gasteiger partial charge in [-0.15, -0.1) is 0 Å². The van der Waals surface area contributed by atoms with Gasteiger partial charge in [-0.25, -0.2) is 19.3 Å². The third-order valence-electron chi connectivity index (χ3n) is 7.95. The molecule has 10 heteroatoms. The number of fused-ring (bicyclic) bond motifs is 1. The molecule has 1 fully saturated rings. The molecule has 6 rings (SSSR count). The third-order valence-corrected chi connectivity index (χ3v) is 7.95. The molecule has 40 heavy (non-hydrogen) atoms. The molecule has 9 nitrogen and oxygen atoms in total. The lowest BCUT2D eigenvalue weighted by molar-refractivity contribution is 0.100. The minimum Gasteiger partial charge on any atom is -0.494 e. The molecule has 0 saturated carbocycles. The first kappa shape index (κ1) is 25.5. The minimum absolute atomic E-state index is 0.165. The molecule has 0 radical (unpaired) electrons. The fraction of sp³-hybridized carbons (Fsp3) is 0.267. The summed E-state index contributed by atoms with van der Waals surface area (Å²) < 4.78 is 19.4. The quantitative estimate of drug-likeness (QED) is 0.275. The fourth-order valence-electron chi connectivity index (χ4n) is 5.45. The Hall–Kier alpha value is -4.73. The summed E-state index contributed by atoms with van der Waals surface area (Å²) in [5.41, 5.74) is 10.7. The van der Waals surface area contributed by atoms with Gasteiger partial charge in [0.15, 0.2) is 11.6 Å². The molecule has 2 aromatic carbocycles. The maximum absolute atomic E-state index is 14.4. The monoisotopic (exact) mass is 539 g/mol. The van der Waals surface area contributed by atoms with E-state index in [1.54, 1.807) is 24.5 Å². The lowest BCUT2D eigenvalue weighted by atomic mass is 9.79. The molecule has 1 aliphatic heterocycles. The minimum atomic E-state index is -0.455. The van der Waals surface area contributed by atoms with Gasteiger partial charge in [-0.05, 0) is 61.7 Å². The second-order valence-electron chi connectivity index (χ2n) is 10.5. The number of nitrogens with two attached hydrogens (primary N) is 1. The third kappa shape index (κ3) is 4.45. The highest BCUT2D eigenvalue weighted by atomic mass is 19.1. The zero-order valence-electron chi connectivity index (χ0n) is 22.6. The number of halogens is 1. The van der Waals surface area contributed by atoms with E-state index < -0.39 is 11.7 Å². The van der Waals surface area contributed by atoms with Gasteiger partial charge in [-0.1, -0.05) is 19.1 Å². The molecule has 0 unspecified atom stereocenters. The van der Waals surface area contributed by atoms with Crippen LogP contribution in [-0.2, 0) is 5.41 Å². The zero-order chi connectivity index (χ0) is 28.0. The van der Waals surface area contributed by atoms with Gasteiger partial charge in [0.2, 0.25) is 5.91 Å². The largest absolute Gasteiger partial charge is 0.494 e. The summed E-state index contributed by atoms with van der Waals surface area (Å²) in [7, 11) is 1.46. The highest BCUT2D eigenvalue weighted by molar-refractivity contribution is 5.94. The Bertz CT molecular complexity index is 1720. The zero-order valence-corrected chi connectivity index (χ0v) is 22.6. The molecule has 5 aromatic rings. The van der Waals surface area contributed by atoms with E-state index in [2.05, 4.69) is 31.8 Å². The Morgan fingerprint density at radius 2 is 1.77 bits per heavy atom. The van der Waals surface area contributed by atoms with Gasteiger partial charge >= 0.3 is 0 Å². The summed E-state index contributed by atoms with van der Waals surface area (Å²) in [5, 5.41) is 0.942. The van der Waals surface area contributed by atoms with Crippen molar-refractivity contribution in [3.63, 3.8) is 0 Å². The number of piperidine rings is 1. The second kappa shape index (κ2) is 9.78. The van der Waals surface area contributed by atoms with Gasteiger partial charge in [-0.3, -0.25) is 4.79 Å². The molecular formula is C30H30FN7O2. The summed E-state index contributed by atoms with van der Waals surface area (Å²) in [6, 6.07) is 14.2. The number of primary amides is 1. The number of nitrogens with zero attached hydrogens (tertiary/aromatic N) is 4. The Morgan fingerprint density at radius 3 is 2.45 bits per heavy atom. The van der Waals surface area contributed by atoms with Crippen LogP contribution in [0, 0.1) is 12.7 Å². The number of rotatable bonds is 6. The van der Waals surface area contributed by atoms with Gasteiger partial charge in [-0.2, -0.15) is 0 Å². The number of amides is 1. The molecule has 4 heterocycles. The van der Waals surface area contributed by atoms with Crippen LogP contribution in [-0.4, -0.2) is 51.0 Å². The number of nitrogens with one attached hydrogen (secondary N) is 2. The highest BCUT2D eigenvalue weighted by Gasteiger charge is 2.36. The van der Waals surface area contributed by atoms with Crippen molar-refractivity contribution < 1.29 is 13.9 Å². The standard InChI is InChI=1S/C30H30FN7O2/c1-17-25(20-8-9-24(40-3)22(31)14-20)37-29(35-17)30(2)10-12-38(13-11-30)28-21-15-23(36-27(21)33-16-34-28)18-4-6-19(7-5-18)26(32)39/h4-9,14-16H,10-13H2,1-3H3,(H2,32,39)(H,35,37)(H,33,34,36). The molecule has 1 amide bonds. The van der Waals surface area contributed by atoms with Crippen molar-refractivity contribution >= 4 is 22.8 Å². The van der Waals surface area contributed by atoms with Crippen molar-refractivity contribution in [1.29, 1.82) is 0 Å². The number of methoxy groups -OCH3 is 1. The number of hydrogen-bond donors (Lipinski definition) is 3. The highest BCUT2D eigenvalue weighted by Crippen LogP contribution is 2.38. The van der Waals surface area contributed by atoms with Crippen LogP contribution in [0.25, 0.3) is 33.5 Å². The average molecular weight is 540 g/mol. The van der Waals surface area contributed by atoms with E-state index in [4.69, 9.17) is 15.5 Å². The first-order valence-electron chi connectivity index (χ1n) is 13.2. The number of ether oxygens (including phenoxy) is 1. The normalized spacial score (nSPS) is 14.9. The van der Waals surface area contributed by atoms with Crippen molar-refractivity contribution in [2.24, 2.45) is 5.73 Å². The average Bonchev–Trinajstić information content (AvgIpc) is 3.58. The number of aryl methyl sites for hydroxylation is 1. The molecule has 0 aliphatic carbocycles. The Kier molecular flexibility index (Phi) is 6.25. The Morgan fingerprint density at radius 1 is 1.05 bits per heavy atom. The van der Waals surface area contributed by atoms with E-state index >= 15 is 0 Å². The number of H-pyrrole nitrogens is 2. The van der Waals surface area contributed by atoms with E-state index in [0.717, 1.165) is 76.8 Å². The Labute approximate surface area is 230 Å². The Balaban J connectivity index is 1.23. The molecule has 0 spiro atoms. The van der Waals surface area contributed by atoms with Gasteiger partial charge in [0.25, 0.3) is 0 Å². The van der Waals surface area contributed by atoms with Gasteiger partial charge in [0.1, 0.15) is 23.6 Å². The van der Waals surface area contributed by atoms with Crippen molar-refractivity contribution in [1.82, 2.24) is 24.9 Å². The molecule has 0 atom stereocenters. The number of hydrogen-bond acceptors (Lipinski definition) is 6. The number of anilines is 1. The number of aromatic amines is 2. The van der Waals surface area contributed by atoms with E-state index in [9.17, 15) is 9.18 Å². The van der Waals surface area contributed by atoms with Crippen LogP contribution in [0.1, 0.15) is 41.6 Å². The van der Waals surface area contributed by atoms with Crippen molar-refractivity contribution in [2.45, 2.75) is 32.1 Å². The van der Waals surface area contributed by atoms with Crippen LogP contribution in [0.15, 0.2) is 54.9 Å². The predicted octanol–water partition coefficient (Wildman–Crippen LogP) is 5.13. The molecule has 3 aromatic heterocycles. The molecular weight excluding hydrogens is 509 g/mol. The predicted molar refractivity (Wildman–Crippen MR) is 152 cm³/mol. The van der Waals surface area contributed by atoms with E-state index in [1.165, 1.54) is 13.2 Å². The molecule has 1 aliphatic rings. The molecule has 1 saturated heterocycles. The topological polar surface area (TPSA) is 126 Å². The van der Waals surface area contributed by atoms with Crippen molar-refractivity contribution in [3.8, 4) is 28.3 Å². The summed E-state index contributed by atoms with van der Waals surface area (Å²) in [6.07, 6.45) is 3.32. The van der Waals surface area contributed by atoms with Gasteiger partial charge in [0, 0.05) is 35.3 Å². The number of carbonyl (C=O) groups is 1. The van der Waals surface area contributed by atoms with Crippen LogP contribution in [0.3, 0.4) is 0 Å². The fourth-order valence-corrected chi connectivity index (χ4v) is 5.45. The number of benzene rings is 2. The lowest BCUT2D eigenvalue weighted by Crippen LogP contribution is -2.42. The van der Waals surface area contributed by atoms with Crippen molar-refractivity contribution in [3.05, 3.63) is 77.8 Å². The van der Waals surface area contributed by atoms with E-state index in [-0.39, 0.29) is 11.2 Å². The smallest absolute Gasteiger partial charge is 0.248 e. The van der Waals surface area contributed by atoms with E-state index in [0.29, 0.717) is 5.56 Å². The first-order valence-corrected chi connectivity index (χ1v) is 13.2.